The SMILES string of the molecule is CCCCCCCCCCCCOc1ccc2cc(CCc3ccc(C(=O)OC[C@H](C)CC)cc3)ccc2c1. The van der Waals surface area contributed by atoms with Crippen LogP contribution in [-0.2, 0) is 17.6 Å². The second-order valence-corrected chi connectivity index (χ2v) is 11.2. The maximum absolute atomic E-state index is 12.2. The van der Waals surface area contributed by atoms with E-state index in [1.54, 1.807) is 0 Å². The molecule has 3 aromatic carbocycles. The summed E-state index contributed by atoms with van der Waals surface area (Å²) in [6, 6.07) is 21.0. The molecule has 1 atom stereocenters. The maximum atomic E-state index is 12.2. The van der Waals surface area contributed by atoms with E-state index in [0.29, 0.717) is 18.1 Å². The van der Waals surface area contributed by atoms with Crippen molar-refractivity contribution in [1.29, 1.82) is 0 Å². The highest BCUT2D eigenvalue weighted by Gasteiger charge is 2.09. The van der Waals surface area contributed by atoms with Crippen molar-refractivity contribution < 1.29 is 14.3 Å². The standard InChI is InChI=1S/C36H50O3/c1-4-6-7-8-9-10-11-12-13-14-25-38-35-24-23-33-26-31(19-22-34(33)27-35)16-15-30-17-20-32(21-18-30)36(37)39-28-29(3)5-2/h17-24,26-27,29H,4-16,25,28H2,1-3H3/t29-/m1/s1. The number of rotatable bonds is 19. The second kappa shape index (κ2) is 17.7. The van der Waals surface area contributed by atoms with E-state index in [9.17, 15) is 4.79 Å². The van der Waals surface area contributed by atoms with Crippen molar-refractivity contribution in [3.05, 3.63) is 77.4 Å². The molecule has 39 heavy (non-hydrogen) atoms. The molecule has 0 aromatic heterocycles. The first-order chi connectivity index (χ1) is 19.1. The van der Waals surface area contributed by atoms with E-state index in [4.69, 9.17) is 9.47 Å². The van der Waals surface area contributed by atoms with Crippen LogP contribution in [0.3, 0.4) is 0 Å². The minimum atomic E-state index is -0.233. The van der Waals surface area contributed by atoms with Crippen LogP contribution >= 0.6 is 0 Å². The number of hydrogen-bond donors (Lipinski definition) is 0. The number of ether oxygens (including phenoxy) is 2. The number of benzene rings is 3. The van der Waals surface area contributed by atoms with Crippen LogP contribution in [0.1, 0.15) is 113 Å². The predicted molar refractivity (Wildman–Crippen MR) is 165 cm³/mol. The van der Waals surface area contributed by atoms with E-state index in [1.807, 2.05) is 24.3 Å². The zero-order valence-electron chi connectivity index (χ0n) is 24.7. The highest BCUT2D eigenvalue weighted by Crippen LogP contribution is 2.23. The average Bonchev–Trinajstić information content (AvgIpc) is 2.97. The van der Waals surface area contributed by atoms with Crippen LogP contribution in [0.5, 0.6) is 5.75 Å². The van der Waals surface area contributed by atoms with Crippen molar-refractivity contribution in [3.8, 4) is 5.75 Å². The minimum absolute atomic E-state index is 0.233. The molecular formula is C36H50O3. The van der Waals surface area contributed by atoms with Gasteiger partial charge >= 0.3 is 5.97 Å². The molecule has 0 unspecified atom stereocenters. The van der Waals surface area contributed by atoms with Gasteiger partial charge in [-0.15, -0.1) is 0 Å². The van der Waals surface area contributed by atoms with Gasteiger partial charge in [0.15, 0.2) is 0 Å². The zero-order chi connectivity index (χ0) is 27.7. The lowest BCUT2D eigenvalue weighted by molar-refractivity contribution is 0.0447. The monoisotopic (exact) mass is 530 g/mol. The van der Waals surface area contributed by atoms with E-state index in [-0.39, 0.29) is 5.97 Å². The molecule has 0 amide bonds. The lowest BCUT2D eigenvalue weighted by Crippen LogP contribution is -2.11. The molecule has 212 valence electrons. The Bertz CT molecular complexity index is 1100. The predicted octanol–water partition coefficient (Wildman–Crippen LogP) is 10.1. The first kappa shape index (κ1) is 30.7. The molecule has 0 bridgehead atoms. The fourth-order valence-electron chi connectivity index (χ4n) is 4.81. The fourth-order valence-corrected chi connectivity index (χ4v) is 4.81. The summed E-state index contributed by atoms with van der Waals surface area (Å²) >= 11 is 0. The van der Waals surface area contributed by atoms with Crippen molar-refractivity contribution in [2.75, 3.05) is 13.2 Å². The molecule has 0 fully saturated rings. The Balaban J connectivity index is 1.36. The number of esters is 1. The topological polar surface area (TPSA) is 35.5 Å². The van der Waals surface area contributed by atoms with Gasteiger partial charge in [-0.1, -0.05) is 121 Å². The molecule has 3 rings (SSSR count). The Morgan fingerprint density at radius 3 is 1.97 bits per heavy atom. The van der Waals surface area contributed by atoms with Gasteiger partial charge < -0.3 is 9.47 Å². The molecule has 0 N–H and O–H groups in total. The molecule has 0 aliphatic rings. The van der Waals surface area contributed by atoms with Crippen LogP contribution in [0, 0.1) is 5.92 Å². The van der Waals surface area contributed by atoms with Gasteiger partial charge in [-0.05, 0) is 71.3 Å². The maximum Gasteiger partial charge on any atom is 0.338 e. The average molecular weight is 531 g/mol. The van der Waals surface area contributed by atoms with Crippen molar-refractivity contribution in [2.45, 2.75) is 104 Å². The summed E-state index contributed by atoms with van der Waals surface area (Å²) in [6.45, 7) is 7.75. The van der Waals surface area contributed by atoms with Gasteiger partial charge in [0.2, 0.25) is 0 Å². The first-order valence-corrected chi connectivity index (χ1v) is 15.5. The summed E-state index contributed by atoms with van der Waals surface area (Å²) in [4.78, 5) is 12.2. The van der Waals surface area contributed by atoms with Crippen LogP contribution < -0.4 is 4.74 Å². The van der Waals surface area contributed by atoms with E-state index >= 15 is 0 Å². The van der Waals surface area contributed by atoms with Crippen molar-refractivity contribution in [3.63, 3.8) is 0 Å². The second-order valence-electron chi connectivity index (χ2n) is 11.2. The van der Waals surface area contributed by atoms with E-state index in [2.05, 4.69) is 57.2 Å². The van der Waals surface area contributed by atoms with Crippen LogP contribution in [0.25, 0.3) is 10.8 Å². The van der Waals surface area contributed by atoms with Gasteiger partial charge in [-0.2, -0.15) is 0 Å². The minimum Gasteiger partial charge on any atom is -0.494 e. The summed E-state index contributed by atoms with van der Waals surface area (Å²) < 4.78 is 11.5. The van der Waals surface area contributed by atoms with Crippen LogP contribution in [0.2, 0.25) is 0 Å². The number of fused-ring (bicyclic) bond motifs is 1. The normalized spacial score (nSPS) is 12.0. The molecule has 0 saturated carbocycles. The van der Waals surface area contributed by atoms with Gasteiger partial charge in [0.1, 0.15) is 5.75 Å². The third-order valence-corrected chi connectivity index (χ3v) is 7.73. The van der Waals surface area contributed by atoms with Gasteiger partial charge in [0.25, 0.3) is 0 Å². The van der Waals surface area contributed by atoms with Gasteiger partial charge in [-0.3, -0.25) is 0 Å². The van der Waals surface area contributed by atoms with Crippen molar-refractivity contribution >= 4 is 16.7 Å². The molecule has 0 aliphatic carbocycles. The summed E-state index contributed by atoms with van der Waals surface area (Å²) in [6.07, 6.45) is 16.3. The van der Waals surface area contributed by atoms with Gasteiger partial charge in [-0.25, -0.2) is 4.79 Å². The molecule has 3 aromatic rings. The number of aryl methyl sites for hydroxylation is 2. The van der Waals surface area contributed by atoms with Gasteiger partial charge in [0, 0.05) is 0 Å². The highest BCUT2D eigenvalue weighted by atomic mass is 16.5. The Morgan fingerprint density at radius 2 is 1.28 bits per heavy atom. The summed E-state index contributed by atoms with van der Waals surface area (Å²) in [5.41, 5.74) is 3.17. The molecule has 0 aliphatic heterocycles. The molecule has 0 saturated heterocycles. The smallest absolute Gasteiger partial charge is 0.338 e. The van der Waals surface area contributed by atoms with Crippen molar-refractivity contribution in [2.24, 2.45) is 5.92 Å². The molecule has 3 nitrogen and oxygen atoms in total. The van der Waals surface area contributed by atoms with Gasteiger partial charge in [0.05, 0.1) is 18.8 Å². The van der Waals surface area contributed by atoms with E-state index in [0.717, 1.165) is 38.0 Å². The fraction of sp³-hybridized carbons (Fsp3) is 0.528. The van der Waals surface area contributed by atoms with Crippen LogP contribution in [0.4, 0.5) is 0 Å². The quantitative estimate of drug-likeness (QED) is 0.114. The van der Waals surface area contributed by atoms with Crippen LogP contribution in [0.15, 0.2) is 60.7 Å². The summed E-state index contributed by atoms with van der Waals surface area (Å²) in [5.74, 6) is 1.13. The Kier molecular flexibility index (Phi) is 14.0. The number of carbonyl (C=O) groups excluding carboxylic acids is 1. The lowest BCUT2D eigenvalue weighted by atomic mass is 10.0. The molecule has 0 spiro atoms. The Hall–Kier alpha value is -2.81. The molecule has 3 heteroatoms. The third-order valence-electron chi connectivity index (χ3n) is 7.73. The molecule has 0 radical (unpaired) electrons. The summed E-state index contributed by atoms with van der Waals surface area (Å²) in [7, 11) is 0. The van der Waals surface area contributed by atoms with E-state index < -0.39 is 0 Å². The zero-order valence-corrected chi connectivity index (χ0v) is 24.7. The Morgan fingerprint density at radius 1 is 0.692 bits per heavy atom. The van der Waals surface area contributed by atoms with E-state index in [1.165, 1.54) is 79.7 Å². The highest BCUT2D eigenvalue weighted by molar-refractivity contribution is 5.89. The summed E-state index contributed by atoms with van der Waals surface area (Å²) in [5, 5.41) is 2.47. The Labute approximate surface area is 237 Å². The first-order valence-electron chi connectivity index (χ1n) is 15.5. The number of hydrogen-bond acceptors (Lipinski definition) is 3. The van der Waals surface area contributed by atoms with Crippen molar-refractivity contribution in [1.82, 2.24) is 0 Å². The molecular weight excluding hydrogens is 480 g/mol. The third kappa shape index (κ3) is 11.4. The number of unbranched alkanes of at least 4 members (excludes halogenated alkanes) is 9. The largest absolute Gasteiger partial charge is 0.494 e. The molecule has 0 heterocycles. The lowest BCUT2D eigenvalue weighted by Gasteiger charge is -2.10. The number of carbonyl (C=O) groups is 1. The van der Waals surface area contributed by atoms with Crippen LogP contribution in [-0.4, -0.2) is 19.2 Å².